The van der Waals surface area contributed by atoms with Gasteiger partial charge in [-0.3, -0.25) is 4.79 Å². The van der Waals surface area contributed by atoms with E-state index in [1.165, 1.54) is 11.3 Å². The van der Waals surface area contributed by atoms with Gasteiger partial charge in [0.05, 0.1) is 4.88 Å². The van der Waals surface area contributed by atoms with Gasteiger partial charge in [-0.05, 0) is 82.6 Å². The van der Waals surface area contributed by atoms with Crippen LogP contribution in [0, 0.1) is 12.7 Å². The number of benzene rings is 1. The fraction of sp³-hybridized carbons (Fsp3) is 0.538. The molecule has 0 spiro atoms. The van der Waals surface area contributed by atoms with E-state index >= 15 is 4.39 Å². The van der Waals surface area contributed by atoms with Crippen molar-refractivity contribution < 1.29 is 18.7 Å². The summed E-state index contributed by atoms with van der Waals surface area (Å²) in [5, 5.41) is 0. The molecule has 0 bridgehead atoms. The summed E-state index contributed by atoms with van der Waals surface area (Å²) in [6, 6.07) is 7.37. The zero-order valence-electron chi connectivity index (χ0n) is 19.9. The predicted octanol–water partition coefficient (Wildman–Crippen LogP) is 6.21. The molecule has 0 radical (unpaired) electrons. The number of rotatable bonds is 3. The molecule has 1 aromatic heterocycles. The van der Waals surface area contributed by atoms with Gasteiger partial charge in [-0.2, -0.15) is 0 Å². The lowest BCUT2D eigenvalue weighted by Gasteiger charge is -2.33. The lowest BCUT2D eigenvalue weighted by molar-refractivity contribution is 0.0204. The number of hydrogen-bond acceptors (Lipinski definition) is 4. The summed E-state index contributed by atoms with van der Waals surface area (Å²) >= 11 is 1.38. The Morgan fingerprint density at radius 2 is 1.70 bits per heavy atom. The van der Waals surface area contributed by atoms with Crippen LogP contribution in [0.3, 0.4) is 0 Å². The van der Waals surface area contributed by atoms with Gasteiger partial charge in [0.1, 0.15) is 11.4 Å². The van der Waals surface area contributed by atoms with Crippen molar-refractivity contribution in [1.82, 2.24) is 9.80 Å². The first kappa shape index (κ1) is 23.7. The number of carbonyl (C=O) groups is 2. The van der Waals surface area contributed by atoms with Crippen molar-refractivity contribution in [3.63, 3.8) is 0 Å². The van der Waals surface area contributed by atoms with E-state index < -0.39 is 5.60 Å². The van der Waals surface area contributed by atoms with Crippen molar-refractivity contribution in [2.75, 3.05) is 26.2 Å². The monoisotopic (exact) mass is 472 g/mol. The second-order valence-corrected chi connectivity index (χ2v) is 11.2. The number of ether oxygens (including phenoxy) is 1. The minimum Gasteiger partial charge on any atom is -0.444 e. The summed E-state index contributed by atoms with van der Waals surface area (Å²) in [6.07, 6.45) is 3.38. The Hall–Kier alpha value is -2.41. The molecule has 0 saturated carbocycles. The van der Waals surface area contributed by atoms with E-state index in [1.807, 2.05) is 50.8 Å². The number of hydrogen-bond donors (Lipinski definition) is 0. The van der Waals surface area contributed by atoms with Crippen LogP contribution in [0.1, 0.15) is 73.2 Å². The van der Waals surface area contributed by atoms with E-state index in [9.17, 15) is 9.59 Å². The molecule has 2 aliphatic heterocycles. The summed E-state index contributed by atoms with van der Waals surface area (Å²) in [7, 11) is 0. The van der Waals surface area contributed by atoms with Crippen LogP contribution in [-0.2, 0) is 4.74 Å². The number of nitrogens with zero attached hydrogens (tertiary/aromatic N) is 2. The fourth-order valence-corrected chi connectivity index (χ4v) is 5.77. The van der Waals surface area contributed by atoms with E-state index in [0.29, 0.717) is 23.5 Å². The molecule has 0 aliphatic carbocycles. The zero-order valence-corrected chi connectivity index (χ0v) is 20.8. The topological polar surface area (TPSA) is 49.9 Å². The Morgan fingerprint density at radius 3 is 2.30 bits per heavy atom. The quantitative estimate of drug-likeness (QED) is 0.533. The highest BCUT2D eigenvalue weighted by atomic mass is 32.1. The predicted molar refractivity (Wildman–Crippen MR) is 129 cm³/mol. The minimum absolute atomic E-state index is 0.0648. The highest BCUT2D eigenvalue weighted by molar-refractivity contribution is 7.17. The number of amides is 2. The lowest BCUT2D eigenvalue weighted by Crippen LogP contribution is -2.41. The third kappa shape index (κ3) is 5.40. The Kier molecular flexibility index (Phi) is 6.80. The SMILES string of the molecule is Cc1cc(-c2ccc(C3CCN(C(=O)OC(C)(C)C)CC3)cc2F)sc1C(=O)N1CCCC1. The second kappa shape index (κ2) is 9.45. The molecule has 2 aromatic rings. The first-order valence-corrected chi connectivity index (χ1v) is 12.6. The van der Waals surface area contributed by atoms with Crippen molar-refractivity contribution in [3.05, 3.63) is 46.1 Å². The molecule has 0 unspecified atom stereocenters. The number of piperidine rings is 1. The smallest absolute Gasteiger partial charge is 0.410 e. The molecular formula is C26H33FN2O3S. The molecule has 2 fully saturated rings. The Labute approximate surface area is 199 Å². The van der Waals surface area contributed by atoms with Crippen LogP contribution in [0.25, 0.3) is 10.4 Å². The van der Waals surface area contributed by atoms with Crippen molar-refractivity contribution in [2.45, 2.75) is 64.9 Å². The summed E-state index contributed by atoms with van der Waals surface area (Å²) < 4.78 is 20.6. The summed E-state index contributed by atoms with van der Waals surface area (Å²) in [6.45, 7) is 10.3. The first-order chi connectivity index (χ1) is 15.6. The minimum atomic E-state index is -0.508. The molecule has 2 saturated heterocycles. The molecule has 2 aliphatic rings. The van der Waals surface area contributed by atoms with Crippen LogP contribution < -0.4 is 0 Å². The Bertz CT molecular complexity index is 1030. The van der Waals surface area contributed by atoms with Gasteiger partial charge >= 0.3 is 6.09 Å². The van der Waals surface area contributed by atoms with E-state index in [-0.39, 0.29) is 23.7 Å². The van der Waals surface area contributed by atoms with Crippen LogP contribution in [-0.4, -0.2) is 53.6 Å². The first-order valence-electron chi connectivity index (χ1n) is 11.8. The van der Waals surface area contributed by atoms with Gasteiger partial charge in [0.15, 0.2) is 0 Å². The van der Waals surface area contributed by atoms with Gasteiger partial charge in [-0.1, -0.05) is 12.1 Å². The summed E-state index contributed by atoms with van der Waals surface area (Å²) in [4.78, 5) is 30.2. The van der Waals surface area contributed by atoms with Crippen LogP contribution in [0.2, 0.25) is 0 Å². The molecule has 2 amide bonds. The van der Waals surface area contributed by atoms with E-state index in [4.69, 9.17) is 4.74 Å². The molecule has 178 valence electrons. The third-order valence-corrected chi connectivity index (χ3v) is 7.64. The van der Waals surface area contributed by atoms with E-state index in [0.717, 1.165) is 54.8 Å². The van der Waals surface area contributed by atoms with Gasteiger partial charge in [-0.15, -0.1) is 11.3 Å². The van der Waals surface area contributed by atoms with Crippen molar-refractivity contribution >= 4 is 23.3 Å². The van der Waals surface area contributed by atoms with Crippen molar-refractivity contribution in [3.8, 4) is 10.4 Å². The average molecular weight is 473 g/mol. The molecule has 1 aromatic carbocycles. The summed E-state index contributed by atoms with van der Waals surface area (Å²) in [5.41, 5.74) is 1.90. The Morgan fingerprint density at radius 1 is 1.03 bits per heavy atom. The van der Waals surface area contributed by atoms with Gasteiger partial charge < -0.3 is 14.5 Å². The zero-order chi connectivity index (χ0) is 23.8. The summed E-state index contributed by atoms with van der Waals surface area (Å²) in [5.74, 6) is 0.0168. The maximum absolute atomic E-state index is 15.2. The molecular weight excluding hydrogens is 439 g/mol. The van der Waals surface area contributed by atoms with Gasteiger partial charge in [0, 0.05) is 36.6 Å². The third-order valence-electron chi connectivity index (χ3n) is 6.38. The molecule has 0 atom stereocenters. The molecule has 0 N–H and O–H groups in total. The number of likely N-dealkylation sites (tertiary alicyclic amines) is 2. The molecule has 7 heteroatoms. The van der Waals surface area contributed by atoms with Gasteiger partial charge in [0.25, 0.3) is 5.91 Å². The standard InChI is InChI=1S/C26H33FN2O3S/c1-17-15-22(33-23(17)24(30)28-11-5-6-12-28)20-8-7-19(16-21(20)27)18-9-13-29(14-10-18)25(31)32-26(2,3)4/h7-8,15-16,18H,5-6,9-14H2,1-4H3. The number of aryl methyl sites for hydroxylation is 1. The van der Waals surface area contributed by atoms with Gasteiger partial charge in [0.2, 0.25) is 0 Å². The maximum atomic E-state index is 15.2. The number of carbonyl (C=O) groups excluding carboxylic acids is 2. The van der Waals surface area contributed by atoms with Crippen molar-refractivity contribution in [2.24, 2.45) is 0 Å². The normalized spacial score (nSPS) is 17.5. The lowest BCUT2D eigenvalue weighted by atomic mass is 9.89. The second-order valence-electron chi connectivity index (χ2n) is 10.1. The fourth-order valence-electron chi connectivity index (χ4n) is 4.60. The molecule has 33 heavy (non-hydrogen) atoms. The molecule has 4 rings (SSSR count). The van der Waals surface area contributed by atoms with E-state index in [1.54, 1.807) is 11.0 Å². The highest BCUT2D eigenvalue weighted by Gasteiger charge is 2.28. The van der Waals surface area contributed by atoms with Crippen LogP contribution in [0.15, 0.2) is 24.3 Å². The van der Waals surface area contributed by atoms with Crippen LogP contribution in [0.4, 0.5) is 9.18 Å². The Balaban J connectivity index is 1.43. The average Bonchev–Trinajstić information content (AvgIpc) is 3.42. The van der Waals surface area contributed by atoms with Gasteiger partial charge in [-0.25, -0.2) is 9.18 Å². The highest BCUT2D eigenvalue weighted by Crippen LogP contribution is 2.36. The van der Waals surface area contributed by atoms with Crippen molar-refractivity contribution in [1.29, 1.82) is 0 Å². The van der Waals surface area contributed by atoms with Crippen LogP contribution >= 0.6 is 11.3 Å². The molecule has 5 nitrogen and oxygen atoms in total. The molecule has 3 heterocycles. The van der Waals surface area contributed by atoms with Crippen LogP contribution in [0.5, 0.6) is 0 Å². The maximum Gasteiger partial charge on any atom is 0.410 e. The van der Waals surface area contributed by atoms with E-state index in [2.05, 4.69) is 0 Å². The largest absolute Gasteiger partial charge is 0.444 e. The number of thiophene rings is 1. The number of halogens is 1.